The molecule has 0 saturated carbocycles. The number of aryl methyl sites for hydroxylation is 1. The predicted octanol–water partition coefficient (Wildman–Crippen LogP) is 3.45. The number of rotatable bonds is 4. The Morgan fingerprint density at radius 2 is 1.78 bits per heavy atom. The molecule has 1 spiro atoms. The largest absolute Gasteiger partial charge is 0.337 e. The summed E-state index contributed by atoms with van der Waals surface area (Å²) in [5.74, 6) is 0.197. The average molecular weight is 438 g/mol. The number of fused-ring (bicyclic) bond motifs is 2. The van der Waals surface area contributed by atoms with Crippen molar-refractivity contribution >= 4 is 11.9 Å². The van der Waals surface area contributed by atoms with Gasteiger partial charge < -0.3 is 14.7 Å². The van der Waals surface area contributed by atoms with Crippen LogP contribution in [0.4, 0.5) is 4.79 Å². The zero-order valence-corrected chi connectivity index (χ0v) is 19.8. The van der Waals surface area contributed by atoms with Crippen LogP contribution in [-0.2, 0) is 23.2 Å². The van der Waals surface area contributed by atoms with Crippen molar-refractivity contribution in [3.63, 3.8) is 0 Å². The minimum Gasteiger partial charge on any atom is -0.337 e. The third kappa shape index (κ3) is 4.38. The molecule has 4 rings (SSSR count). The van der Waals surface area contributed by atoms with Crippen molar-refractivity contribution in [2.45, 2.75) is 57.5 Å². The summed E-state index contributed by atoms with van der Waals surface area (Å²) in [5, 5.41) is 4.98. The molecule has 1 saturated heterocycles. The third-order valence-electron chi connectivity index (χ3n) is 6.89. The van der Waals surface area contributed by atoms with Gasteiger partial charge in [0.05, 0.1) is 5.69 Å². The van der Waals surface area contributed by atoms with Crippen LogP contribution in [0, 0.1) is 0 Å². The van der Waals surface area contributed by atoms with Crippen LogP contribution in [0.15, 0.2) is 36.5 Å². The van der Waals surface area contributed by atoms with E-state index in [-0.39, 0.29) is 23.4 Å². The maximum Gasteiger partial charge on any atom is 0.319 e. The van der Waals surface area contributed by atoms with Crippen LogP contribution >= 0.6 is 0 Å². The maximum absolute atomic E-state index is 13.2. The Bertz CT molecular complexity index is 958. The number of carbonyl (C=O) groups is 2. The molecule has 2 aliphatic heterocycles. The highest BCUT2D eigenvalue weighted by Crippen LogP contribution is 2.41. The quantitative estimate of drug-likeness (QED) is 0.736. The standard InChI is InChI=1S/C25H35N5O2/c1-19(2)30-17-21-16-29(22(31)11-10-20-8-6-5-7-9-20)18-25(23(21)26-30)12-14-28(15-13-25)24(32)27(3)4/h5-9,17,19H,10-16,18H2,1-4H3. The number of amides is 3. The van der Waals surface area contributed by atoms with E-state index >= 15 is 0 Å². The smallest absolute Gasteiger partial charge is 0.319 e. The van der Waals surface area contributed by atoms with Crippen molar-refractivity contribution < 1.29 is 9.59 Å². The molecule has 1 fully saturated rings. The van der Waals surface area contributed by atoms with Crippen LogP contribution < -0.4 is 0 Å². The first kappa shape index (κ1) is 22.4. The zero-order valence-electron chi connectivity index (χ0n) is 19.8. The Morgan fingerprint density at radius 1 is 1.09 bits per heavy atom. The van der Waals surface area contributed by atoms with E-state index in [2.05, 4.69) is 32.2 Å². The molecule has 0 atom stereocenters. The fourth-order valence-corrected chi connectivity index (χ4v) is 4.99. The number of nitrogens with zero attached hydrogens (tertiary/aromatic N) is 5. The van der Waals surface area contributed by atoms with Gasteiger partial charge in [-0.2, -0.15) is 5.10 Å². The molecular formula is C25H35N5O2. The van der Waals surface area contributed by atoms with Crippen LogP contribution in [0.2, 0.25) is 0 Å². The Kier molecular flexibility index (Phi) is 6.26. The molecule has 0 radical (unpaired) electrons. The van der Waals surface area contributed by atoms with E-state index in [0.29, 0.717) is 32.6 Å². The molecule has 7 nitrogen and oxygen atoms in total. The van der Waals surface area contributed by atoms with E-state index in [1.807, 2.05) is 32.7 Å². The van der Waals surface area contributed by atoms with Gasteiger partial charge in [-0.1, -0.05) is 30.3 Å². The molecule has 0 bridgehead atoms. The average Bonchev–Trinajstić information content (AvgIpc) is 3.24. The first-order chi connectivity index (χ1) is 15.3. The molecule has 1 aromatic heterocycles. The Morgan fingerprint density at radius 3 is 2.41 bits per heavy atom. The van der Waals surface area contributed by atoms with Crippen molar-refractivity contribution in [1.29, 1.82) is 0 Å². The summed E-state index contributed by atoms with van der Waals surface area (Å²) >= 11 is 0. The number of urea groups is 1. The van der Waals surface area contributed by atoms with Gasteiger partial charge in [-0.05, 0) is 38.7 Å². The lowest BCUT2D eigenvalue weighted by atomic mass is 9.72. The Labute approximate surface area is 191 Å². The monoisotopic (exact) mass is 437 g/mol. The van der Waals surface area contributed by atoms with Gasteiger partial charge in [-0.15, -0.1) is 0 Å². The van der Waals surface area contributed by atoms with Gasteiger partial charge in [0.2, 0.25) is 5.91 Å². The van der Waals surface area contributed by atoms with Crippen LogP contribution in [-0.4, -0.2) is 70.1 Å². The fraction of sp³-hybridized carbons (Fsp3) is 0.560. The zero-order chi connectivity index (χ0) is 22.9. The highest BCUT2D eigenvalue weighted by Gasteiger charge is 2.46. The van der Waals surface area contributed by atoms with Gasteiger partial charge in [0.25, 0.3) is 0 Å². The minimum atomic E-state index is -0.181. The van der Waals surface area contributed by atoms with E-state index in [9.17, 15) is 9.59 Å². The summed E-state index contributed by atoms with van der Waals surface area (Å²) in [5.41, 5.74) is 3.30. The van der Waals surface area contributed by atoms with E-state index in [1.165, 1.54) is 5.56 Å². The van der Waals surface area contributed by atoms with Gasteiger partial charge in [-0.25, -0.2) is 4.79 Å². The number of hydrogen-bond donors (Lipinski definition) is 0. The Hall–Kier alpha value is -2.83. The summed E-state index contributed by atoms with van der Waals surface area (Å²) in [4.78, 5) is 31.3. The minimum absolute atomic E-state index is 0.0550. The van der Waals surface area contributed by atoms with Crippen molar-refractivity contribution in [2.75, 3.05) is 33.7 Å². The normalized spacial score (nSPS) is 17.5. The van der Waals surface area contributed by atoms with Crippen molar-refractivity contribution in [3.05, 3.63) is 53.3 Å². The second kappa shape index (κ2) is 8.96. The Balaban J connectivity index is 1.54. The fourth-order valence-electron chi connectivity index (χ4n) is 4.99. The van der Waals surface area contributed by atoms with Gasteiger partial charge in [0.1, 0.15) is 0 Å². The SMILES string of the molecule is CC(C)n1cc2c(n1)C1(CCN(C(=O)N(C)C)CC1)CN(C(=O)CCc1ccccc1)C2. The molecule has 32 heavy (non-hydrogen) atoms. The highest BCUT2D eigenvalue weighted by atomic mass is 16.2. The van der Waals surface area contributed by atoms with E-state index in [4.69, 9.17) is 5.10 Å². The van der Waals surface area contributed by atoms with Gasteiger partial charge in [0.15, 0.2) is 0 Å². The number of benzene rings is 1. The lowest BCUT2D eigenvalue weighted by Gasteiger charge is -2.47. The lowest BCUT2D eigenvalue weighted by molar-refractivity contribution is -0.133. The number of hydrogen-bond acceptors (Lipinski definition) is 3. The maximum atomic E-state index is 13.2. The van der Waals surface area contributed by atoms with Gasteiger partial charge >= 0.3 is 6.03 Å². The summed E-state index contributed by atoms with van der Waals surface area (Å²) in [6, 6.07) is 10.5. The van der Waals surface area contributed by atoms with E-state index in [0.717, 1.165) is 30.5 Å². The summed E-state index contributed by atoms with van der Waals surface area (Å²) < 4.78 is 2.03. The van der Waals surface area contributed by atoms with Crippen LogP contribution in [0.5, 0.6) is 0 Å². The highest BCUT2D eigenvalue weighted by molar-refractivity contribution is 5.77. The van der Waals surface area contributed by atoms with E-state index in [1.54, 1.807) is 19.0 Å². The number of aromatic nitrogens is 2. The third-order valence-corrected chi connectivity index (χ3v) is 6.89. The number of carbonyl (C=O) groups excluding carboxylic acids is 2. The van der Waals surface area contributed by atoms with Crippen molar-refractivity contribution in [3.8, 4) is 0 Å². The summed E-state index contributed by atoms with van der Waals surface area (Å²) in [6.45, 7) is 6.96. The molecule has 2 aliphatic rings. The topological polar surface area (TPSA) is 61.7 Å². The second-order valence-electron chi connectivity index (χ2n) is 9.76. The molecule has 1 aromatic carbocycles. The van der Waals surface area contributed by atoms with Crippen LogP contribution in [0.1, 0.15) is 56.0 Å². The first-order valence-corrected chi connectivity index (χ1v) is 11.7. The molecule has 2 aromatic rings. The molecule has 0 N–H and O–H groups in total. The molecule has 3 heterocycles. The second-order valence-corrected chi connectivity index (χ2v) is 9.76. The van der Waals surface area contributed by atoms with E-state index < -0.39 is 0 Å². The van der Waals surface area contributed by atoms with Crippen molar-refractivity contribution in [2.24, 2.45) is 0 Å². The number of piperidine rings is 1. The van der Waals surface area contributed by atoms with Crippen LogP contribution in [0.3, 0.4) is 0 Å². The van der Waals surface area contributed by atoms with Crippen LogP contribution in [0.25, 0.3) is 0 Å². The van der Waals surface area contributed by atoms with Crippen molar-refractivity contribution in [1.82, 2.24) is 24.5 Å². The molecule has 7 heteroatoms. The molecule has 172 valence electrons. The summed E-state index contributed by atoms with van der Waals surface area (Å²) in [6.07, 6.45) is 5.05. The molecular weight excluding hydrogens is 402 g/mol. The molecule has 0 aliphatic carbocycles. The predicted molar refractivity (Wildman–Crippen MR) is 124 cm³/mol. The molecule has 0 unspecified atom stereocenters. The van der Waals surface area contributed by atoms with Gasteiger partial charge in [0, 0.05) is 69.9 Å². The first-order valence-electron chi connectivity index (χ1n) is 11.7. The number of likely N-dealkylation sites (tertiary alicyclic amines) is 1. The molecule has 3 amide bonds. The summed E-state index contributed by atoms with van der Waals surface area (Å²) in [7, 11) is 3.59. The lowest BCUT2D eigenvalue weighted by Crippen LogP contribution is -2.55. The van der Waals surface area contributed by atoms with Gasteiger partial charge in [-0.3, -0.25) is 9.48 Å².